The van der Waals surface area contributed by atoms with E-state index in [9.17, 15) is 47.9 Å². The Balaban J connectivity index is -0.0000000990. The van der Waals surface area contributed by atoms with Crippen LogP contribution < -0.4 is 28.7 Å². The Morgan fingerprint density at radius 2 is 0.472 bits per heavy atom. The Hall–Kier alpha value is -3.37. The summed E-state index contributed by atoms with van der Waals surface area (Å²) in [6.45, 7) is 3.12. The first-order chi connectivity index (χ1) is 42.2. The van der Waals surface area contributed by atoms with Gasteiger partial charge < -0.3 is 54.2 Å². The number of carbonyl (C=O) groups excluding carboxylic acids is 5. The van der Waals surface area contributed by atoms with Crippen LogP contribution in [0.3, 0.4) is 0 Å². The highest BCUT2D eigenvalue weighted by atomic mass is 33.1. The molecule has 0 saturated heterocycles. The van der Waals surface area contributed by atoms with Crippen LogP contribution in [-0.2, 0) is 47.9 Å². The number of aliphatic carboxylic acids is 5. The molecule has 0 rings (SSSR count). The monoisotopic (exact) mass is 1530 g/mol. The summed E-state index contributed by atoms with van der Waals surface area (Å²) < 4.78 is 0. The Morgan fingerprint density at radius 3 is 0.562 bits per heavy atom. The summed E-state index contributed by atoms with van der Waals surface area (Å²) >= 11 is 11.2. The van der Waals surface area contributed by atoms with Crippen molar-refractivity contribution in [3.05, 3.63) is 12.7 Å². The van der Waals surface area contributed by atoms with Gasteiger partial charge in [-0.1, -0.05) is 136 Å². The van der Waals surface area contributed by atoms with Crippen molar-refractivity contribution < 1.29 is 73.5 Å². The highest BCUT2D eigenvalue weighted by molar-refractivity contribution is 8.78. The zero-order valence-electron chi connectivity index (χ0n) is 48.6. The Kier molecular flexibility index (Phi) is 125. The van der Waals surface area contributed by atoms with Crippen molar-refractivity contribution in [2.24, 2.45) is 28.7 Å². The number of carbonyl (C=O) groups is 10. The topological polar surface area (TPSA) is 545 Å². The molecule has 0 fully saturated rings. The maximum Gasteiger partial charge on any atom is 0.304 e. The number of thiol groups is 3. The molecule has 0 aliphatic carbocycles. The fourth-order valence-corrected chi connectivity index (χ4v) is 14.4. The van der Waals surface area contributed by atoms with Crippen LogP contribution in [0.25, 0.3) is 0 Å². The van der Waals surface area contributed by atoms with Gasteiger partial charge >= 0.3 is 29.8 Å². The largest absolute Gasteiger partial charge is 0.481 e. The maximum atomic E-state index is 10.3. The lowest BCUT2D eigenvalue weighted by atomic mass is 10.5. The molecule has 0 unspecified atom stereocenters. The van der Waals surface area contributed by atoms with E-state index < -0.39 is 29.8 Å². The van der Waals surface area contributed by atoms with E-state index in [1.165, 1.54) is 81.6 Å². The SMILES string of the molecule is C=CC#N.N#CCCS.N#CCCSSCCC#N.N#CCCSSCCC(=O)O.N#CCCSSCCC(N)=O.NC(=O)CCS.NC(=O)CCSSCCC(=O)O.NC(=O)CCSSCCC(N)=O.O=C(O)CCS.O=C(O)CCSSCCC(=O)O. The van der Waals surface area contributed by atoms with Crippen molar-refractivity contribution in [3.63, 3.8) is 0 Å². The second-order valence-electron chi connectivity index (χ2n) is 13.7. The minimum Gasteiger partial charge on any atom is -0.481 e. The standard InChI is InChI=1S/C6H12N2O2S2.C6H10N2OS2.C6H8N2S2.C6H11NO3S2.C6H9NO2S2.C6H10O4S2.C3H7NOS.C3H5NS.C3H3N.C3H6O2S/c7-5(9)1-3-11-12-4-2-6(8)10;7-3-1-4-10-11-5-2-6(8)9;7-3-1-5-9-10-6-2-4-8;7-5(8)1-3-11-12-4-2-6(9)10;7-3-1-4-10-11-5-2-6(8)9;7-5(8)1-3-11-12-4-2-6(9)10;4-3(5)1-2-6;4-2-1-3-5;1-2-3-4;4-3(5)1-2-6/h1-4H2,(H2,7,9)(H2,8,10);1-2,4-5H2,(H2,8,9);1-2,5-6H2;1-4H2,(H2,7,8)(H,9,10);1-2,4-5H2,(H,8,9);1-4H2,(H,7,8)(H,9,10);6H,1-2H2,(H2,4,5);5H,1,3H2;2H,1H2;6H,1-2H2,(H,4,5). The molecule has 0 saturated carbocycles. The number of nitrogens with two attached hydrogens (primary N) is 5. The first-order valence-corrected chi connectivity index (χ1v) is 41.7. The molecule has 0 aromatic carbocycles. The Bertz CT molecular complexity index is 1860. The number of nitriles is 6. The molecule has 0 aliphatic heterocycles. The van der Waals surface area contributed by atoms with Gasteiger partial charge in [-0.2, -0.15) is 69.5 Å². The molecule has 41 heteroatoms. The van der Waals surface area contributed by atoms with Crippen molar-refractivity contribution in [1.29, 1.82) is 31.6 Å². The molecule has 5 amide bonds. The molecular formula is C48H81N11O15S15. The number of hydrogen-bond acceptors (Lipinski definition) is 31. The van der Waals surface area contributed by atoms with E-state index in [0.29, 0.717) is 122 Å². The van der Waals surface area contributed by atoms with Crippen LogP contribution in [0, 0.1) is 68.0 Å². The molecule has 0 radical (unpaired) electrons. The normalized spacial score (nSPS) is 8.69. The highest BCUT2D eigenvalue weighted by Gasteiger charge is 2.02. The van der Waals surface area contributed by atoms with Gasteiger partial charge in [-0.15, -0.1) is 0 Å². The molecule has 0 aromatic rings. The van der Waals surface area contributed by atoms with E-state index in [0.717, 1.165) is 28.8 Å². The number of carboxylic acid groups (broad SMARTS) is 5. The van der Waals surface area contributed by atoms with Gasteiger partial charge in [-0.25, -0.2) is 0 Å². The third kappa shape index (κ3) is 187. The quantitative estimate of drug-likeness (QED) is 0.0117. The van der Waals surface area contributed by atoms with Crippen LogP contribution >= 0.6 is 167 Å². The molecule has 15 N–H and O–H groups in total. The van der Waals surface area contributed by atoms with Crippen LogP contribution in [0.15, 0.2) is 12.7 Å². The average Bonchev–Trinajstić information content (AvgIpc) is 3.45. The zero-order chi connectivity index (χ0) is 70.4. The second-order valence-corrected chi connectivity index (χ2v) is 31.3. The summed E-state index contributed by atoms with van der Waals surface area (Å²) in [6, 6.07) is 11.8. The number of primary amides is 5. The molecule has 89 heavy (non-hydrogen) atoms. The van der Waals surface area contributed by atoms with Gasteiger partial charge in [0.2, 0.25) is 29.5 Å². The van der Waals surface area contributed by atoms with Crippen LogP contribution in [0.4, 0.5) is 0 Å². The predicted octanol–water partition coefficient (Wildman–Crippen LogP) is 8.97. The van der Waals surface area contributed by atoms with Gasteiger partial charge in [0.1, 0.15) is 0 Å². The molecule has 26 nitrogen and oxygen atoms in total. The summed E-state index contributed by atoms with van der Waals surface area (Å²) in [7, 11) is 18.4. The first-order valence-electron chi connectivity index (χ1n) is 24.9. The number of rotatable bonds is 43. The van der Waals surface area contributed by atoms with Crippen LogP contribution in [0.1, 0.15) is 96.3 Å². The molecular weight excluding hydrogens is 1450 g/mol. The highest BCUT2D eigenvalue weighted by Crippen LogP contribution is 2.25. The van der Waals surface area contributed by atoms with Gasteiger partial charge in [0.05, 0.1) is 68.5 Å². The maximum absolute atomic E-state index is 10.3. The van der Waals surface area contributed by atoms with Crippen molar-refractivity contribution in [3.8, 4) is 36.4 Å². The fraction of sp³-hybridized carbons (Fsp3) is 0.625. The van der Waals surface area contributed by atoms with E-state index in [-0.39, 0.29) is 61.6 Å². The van der Waals surface area contributed by atoms with Crippen molar-refractivity contribution in [2.75, 3.05) is 86.3 Å². The summed E-state index contributed by atoms with van der Waals surface area (Å²) in [5.41, 5.74) is 24.4. The van der Waals surface area contributed by atoms with Gasteiger partial charge in [0.25, 0.3) is 0 Å². The number of hydrogen-bond donors (Lipinski definition) is 13. The third-order valence-electron chi connectivity index (χ3n) is 6.01. The first kappa shape index (κ1) is 107. The Labute approximate surface area is 586 Å². The van der Waals surface area contributed by atoms with E-state index in [1.54, 1.807) is 60.0 Å². The number of nitrogens with zero attached hydrogens (tertiary/aromatic N) is 6. The van der Waals surface area contributed by atoms with Crippen molar-refractivity contribution in [1.82, 2.24) is 0 Å². The predicted molar refractivity (Wildman–Crippen MR) is 388 cm³/mol. The number of carboxylic acids is 5. The van der Waals surface area contributed by atoms with Gasteiger partial charge in [0.15, 0.2) is 0 Å². The zero-order valence-corrected chi connectivity index (χ0v) is 61.1. The third-order valence-corrected chi connectivity index (χ3v) is 21.1. The molecule has 508 valence electrons. The number of allylic oxidation sites excluding steroid dienone is 1. The van der Waals surface area contributed by atoms with E-state index >= 15 is 0 Å². The van der Waals surface area contributed by atoms with E-state index in [1.807, 2.05) is 18.2 Å². The average molecular weight is 1530 g/mol. The molecule has 0 atom stereocenters. The lowest BCUT2D eigenvalue weighted by molar-refractivity contribution is -0.137. The summed E-state index contributed by atoms with van der Waals surface area (Å²) in [5.74, 6) is 4.57. The molecule has 0 spiro atoms. The van der Waals surface area contributed by atoms with Crippen LogP contribution in [0.5, 0.6) is 0 Å². The van der Waals surface area contributed by atoms with Gasteiger partial charge in [0, 0.05) is 151 Å². The van der Waals surface area contributed by atoms with Crippen LogP contribution in [-0.4, -0.2) is 171 Å². The second kappa shape index (κ2) is 103. The van der Waals surface area contributed by atoms with E-state index in [4.69, 9.17) is 85.8 Å². The molecule has 0 aliphatic rings. The summed E-state index contributed by atoms with van der Waals surface area (Å²) in [5, 5.41) is 88.7. The smallest absolute Gasteiger partial charge is 0.304 e. The van der Waals surface area contributed by atoms with E-state index in [2.05, 4.69) is 56.6 Å². The van der Waals surface area contributed by atoms with Crippen LogP contribution in [0.2, 0.25) is 0 Å². The van der Waals surface area contributed by atoms with Crippen molar-refractivity contribution in [2.45, 2.75) is 96.3 Å². The Morgan fingerprint density at radius 1 is 0.303 bits per heavy atom. The molecule has 0 aromatic heterocycles. The van der Waals surface area contributed by atoms with Gasteiger partial charge in [-0.05, 0) is 5.75 Å². The number of amides is 5. The lowest BCUT2D eigenvalue weighted by Gasteiger charge is -1.96. The van der Waals surface area contributed by atoms with Gasteiger partial charge in [-0.3, -0.25) is 47.9 Å². The lowest BCUT2D eigenvalue weighted by Crippen LogP contribution is -2.11. The minimum atomic E-state index is -0.818. The summed E-state index contributed by atoms with van der Waals surface area (Å²) in [4.78, 5) is 100. The van der Waals surface area contributed by atoms with Crippen molar-refractivity contribution >= 4 is 227 Å². The molecule has 0 bridgehead atoms. The summed E-state index contributed by atoms with van der Waals surface area (Å²) in [6.07, 6.45) is 6.73. The minimum absolute atomic E-state index is 0.130. The molecule has 0 heterocycles. The fourth-order valence-electron chi connectivity index (χ4n) is 2.40.